The molecule has 2 aromatic carbocycles. The average Bonchev–Trinajstić information content (AvgIpc) is 3.71. The Morgan fingerprint density at radius 3 is 2.34 bits per heavy atom. The monoisotopic (exact) mass is 593 g/mol. The smallest absolute Gasteiger partial charge is 0.248 e. The van der Waals surface area contributed by atoms with Crippen molar-refractivity contribution < 1.29 is 4.39 Å². The van der Waals surface area contributed by atoms with E-state index in [0.717, 1.165) is 50.0 Å². The van der Waals surface area contributed by atoms with Gasteiger partial charge in [0.15, 0.2) is 5.82 Å². The van der Waals surface area contributed by atoms with Gasteiger partial charge in [0, 0.05) is 35.9 Å². The third-order valence-corrected chi connectivity index (χ3v) is 10.4. The van der Waals surface area contributed by atoms with Crippen LogP contribution in [0.25, 0.3) is 17.1 Å². The molecule has 4 aromatic rings. The molecule has 10 heteroatoms. The second-order valence-corrected chi connectivity index (χ2v) is 13.1. The number of hydrogen-bond acceptors (Lipinski definition) is 8. The maximum Gasteiger partial charge on any atom is 0.248 e. The number of aromatic nitrogens is 5. The fraction of sp³-hybridized carbons (Fsp3) is 0.471. The van der Waals surface area contributed by atoms with E-state index in [1.807, 2.05) is 12.1 Å². The van der Waals surface area contributed by atoms with Crippen molar-refractivity contribution in [2.45, 2.75) is 76.2 Å². The molecule has 228 valence electrons. The first-order valence-corrected chi connectivity index (χ1v) is 16.3. The maximum absolute atomic E-state index is 15.4. The zero-order chi connectivity index (χ0) is 29.8. The largest absolute Gasteiger partial charge is 0.369 e. The van der Waals surface area contributed by atoms with Crippen LogP contribution in [-0.4, -0.2) is 62.1 Å². The van der Waals surface area contributed by atoms with Crippen molar-refractivity contribution in [2.75, 3.05) is 42.1 Å². The molecule has 2 saturated heterocycles. The molecule has 9 rings (SSSR count). The molecule has 4 heterocycles. The molecule has 3 fully saturated rings. The summed E-state index contributed by atoms with van der Waals surface area (Å²) in [5, 5.41) is 17.3. The highest BCUT2D eigenvalue weighted by atomic mass is 19.1. The third kappa shape index (κ3) is 4.89. The molecule has 0 radical (unpaired) electrons. The van der Waals surface area contributed by atoms with Crippen molar-refractivity contribution in [3.63, 3.8) is 0 Å². The molecule has 5 aliphatic rings. The van der Waals surface area contributed by atoms with Crippen LogP contribution in [0.5, 0.6) is 0 Å². The van der Waals surface area contributed by atoms with Gasteiger partial charge in [-0.2, -0.15) is 9.67 Å². The lowest BCUT2D eigenvalue weighted by molar-refractivity contribution is 0.207. The fourth-order valence-electron chi connectivity index (χ4n) is 8.18. The lowest BCUT2D eigenvalue weighted by Crippen LogP contribution is -2.44. The molecule has 0 amide bonds. The van der Waals surface area contributed by atoms with Crippen molar-refractivity contribution in [3.05, 3.63) is 65.0 Å². The van der Waals surface area contributed by atoms with E-state index in [1.165, 1.54) is 61.5 Å². The molecule has 9 nitrogen and oxygen atoms in total. The van der Waals surface area contributed by atoms with Crippen molar-refractivity contribution in [1.29, 1.82) is 0 Å². The van der Waals surface area contributed by atoms with Crippen LogP contribution in [0.3, 0.4) is 0 Å². The molecule has 1 saturated carbocycles. The zero-order valence-electron chi connectivity index (χ0n) is 25.3. The summed E-state index contributed by atoms with van der Waals surface area (Å²) < 4.78 is 17.0. The van der Waals surface area contributed by atoms with E-state index < -0.39 is 0 Å². The van der Waals surface area contributed by atoms with Gasteiger partial charge >= 0.3 is 0 Å². The molecule has 3 aliphatic carbocycles. The molecule has 44 heavy (non-hydrogen) atoms. The second kappa shape index (κ2) is 11.1. The highest BCUT2D eigenvalue weighted by molar-refractivity contribution is 5.69. The standard InChI is InChI=1S/C34H40FN9/c1-21-5-4-6-24(19-21)31-29-22-7-9-23(10-8-22)30(29)32(40-39-31)44-33(36)38-34(41-44)37-25-11-12-28(27(35)20-25)43-17-13-26(14-18-43)42-15-2-3-16-42/h4-6,11-12,19-20,22-23,26H,2-3,7-10,13-18H2,1H3,(H3,36,37,38,41). The minimum absolute atomic E-state index is 0.228. The van der Waals surface area contributed by atoms with Crippen molar-refractivity contribution >= 4 is 23.3 Å². The predicted octanol–water partition coefficient (Wildman–Crippen LogP) is 6.32. The topological polar surface area (TPSA) is 101 Å². The lowest BCUT2D eigenvalue weighted by atomic mass is 9.66. The summed E-state index contributed by atoms with van der Waals surface area (Å²) in [6, 6.07) is 14.4. The van der Waals surface area contributed by atoms with Crippen LogP contribution < -0.4 is 16.0 Å². The normalized spacial score (nSPS) is 22.0. The number of anilines is 4. The predicted molar refractivity (Wildman–Crippen MR) is 171 cm³/mol. The summed E-state index contributed by atoms with van der Waals surface area (Å²) in [5.74, 6) is 1.79. The summed E-state index contributed by atoms with van der Waals surface area (Å²) in [4.78, 5) is 9.27. The number of benzene rings is 2. The molecule has 0 atom stereocenters. The Balaban J connectivity index is 1.04. The average molecular weight is 594 g/mol. The van der Waals surface area contributed by atoms with E-state index in [9.17, 15) is 0 Å². The molecule has 3 N–H and O–H groups in total. The maximum atomic E-state index is 15.4. The Kier molecular flexibility index (Phi) is 6.96. The van der Waals surface area contributed by atoms with Gasteiger partial charge in [-0.25, -0.2) is 4.39 Å². The molecule has 2 aromatic heterocycles. The zero-order valence-corrected chi connectivity index (χ0v) is 25.3. The number of halogens is 1. The Morgan fingerprint density at radius 2 is 1.61 bits per heavy atom. The number of fused-ring (bicyclic) bond motifs is 2. The van der Waals surface area contributed by atoms with Crippen LogP contribution >= 0.6 is 0 Å². The van der Waals surface area contributed by atoms with Crippen molar-refractivity contribution in [2.24, 2.45) is 0 Å². The van der Waals surface area contributed by atoms with E-state index in [2.05, 4.69) is 51.3 Å². The van der Waals surface area contributed by atoms with Gasteiger partial charge < -0.3 is 20.9 Å². The van der Waals surface area contributed by atoms with Crippen LogP contribution in [-0.2, 0) is 0 Å². The van der Waals surface area contributed by atoms with Crippen molar-refractivity contribution in [3.8, 4) is 17.1 Å². The molecule has 0 unspecified atom stereocenters. The van der Waals surface area contributed by atoms with Gasteiger partial charge in [0.1, 0.15) is 5.82 Å². The molecule has 2 aliphatic heterocycles. The quantitative estimate of drug-likeness (QED) is 0.268. The number of nitrogen functional groups attached to an aromatic ring is 1. The number of hydrogen-bond donors (Lipinski definition) is 2. The number of likely N-dealkylation sites (tertiary alicyclic amines) is 1. The first-order chi connectivity index (χ1) is 21.5. The number of piperidine rings is 1. The Bertz CT molecular complexity index is 1680. The van der Waals surface area contributed by atoms with E-state index in [1.54, 1.807) is 4.68 Å². The summed E-state index contributed by atoms with van der Waals surface area (Å²) in [7, 11) is 0. The minimum Gasteiger partial charge on any atom is -0.369 e. The van der Waals surface area contributed by atoms with E-state index in [0.29, 0.717) is 41.0 Å². The SMILES string of the molecule is Cc1cccc(-c2nnc(-n3nc(Nc4ccc(N5CCC(N6CCCC6)CC5)c(F)c4)nc3N)c3c2C2CCC3CC2)c1. The van der Waals surface area contributed by atoms with Crippen LogP contribution in [0.2, 0.25) is 0 Å². The van der Waals surface area contributed by atoms with E-state index >= 15 is 4.39 Å². The van der Waals surface area contributed by atoms with E-state index in [-0.39, 0.29) is 11.8 Å². The Morgan fingerprint density at radius 1 is 0.864 bits per heavy atom. The summed E-state index contributed by atoms with van der Waals surface area (Å²) in [5.41, 5.74) is 13.4. The molecule has 2 bridgehead atoms. The molecular weight excluding hydrogens is 553 g/mol. The second-order valence-electron chi connectivity index (χ2n) is 13.1. The van der Waals surface area contributed by atoms with Crippen LogP contribution in [0.1, 0.15) is 79.9 Å². The van der Waals surface area contributed by atoms with Crippen LogP contribution in [0.4, 0.5) is 27.7 Å². The third-order valence-electron chi connectivity index (χ3n) is 10.4. The molecular formula is C34H40FN9. The number of nitrogens with one attached hydrogen (secondary N) is 1. The van der Waals surface area contributed by atoms with Gasteiger partial charge in [-0.3, -0.25) is 0 Å². The van der Waals surface area contributed by atoms with Crippen LogP contribution in [0.15, 0.2) is 42.5 Å². The number of aryl methyl sites for hydroxylation is 1. The van der Waals surface area contributed by atoms with Crippen molar-refractivity contribution in [1.82, 2.24) is 29.9 Å². The highest BCUT2D eigenvalue weighted by Crippen LogP contribution is 2.53. The number of rotatable bonds is 6. The summed E-state index contributed by atoms with van der Waals surface area (Å²) >= 11 is 0. The minimum atomic E-state index is -0.246. The van der Waals surface area contributed by atoms with Crippen LogP contribution in [0, 0.1) is 12.7 Å². The van der Waals surface area contributed by atoms with Gasteiger partial charge in [0.05, 0.1) is 11.4 Å². The van der Waals surface area contributed by atoms with Gasteiger partial charge in [-0.15, -0.1) is 15.3 Å². The number of nitrogens with two attached hydrogens (primary N) is 1. The Labute approximate surface area is 257 Å². The summed E-state index contributed by atoms with van der Waals surface area (Å²) in [6.07, 6.45) is 9.37. The van der Waals surface area contributed by atoms with E-state index in [4.69, 9.17) is 21.0 Å². The van der Waals surface area contributed by atoms with Gasteiger partial charge in [-0.1, -0.05) is 23.8 Å². The van der Waals surface area contributed by atoms with Gasteiger partial charge in [0.25, 0.3) is 0 Å². The molecule has 0 spiro atoms. The summed E-state index contributed by atoms with van der Waals surface area (Å²) in [6.45, 7) is 6.28. The first kappa shape index (κ1) is 27.5. The first-order valence-electron chi connectivity index (χ1n) is 16.3. The Hall–Kier alpha value is -4.05. The van der Waals surface area contributed by atoms with Gasteiger partial charge in [-0.05, 0) is 113 Å². The number of nitrogens with zero attached hydrogens (tertiary/aromatic N) is 7. The lowest BCUT2D eigenvalue weighted by Gasteiger charge is -2.39. The highest BCUT2D eigenvalue weighted by Gasteiger charge is 2.39. The van der Waals surface area contributed by atoms with Gasteiger partial charge in [0.2, 0.25) is 11.9 Å². The fourth-order valence-corrected chi connectivity index (χ4v) is 8.18.